The van der Waals surface area contributed by atoms with Crippen LogP contribution < -0.4 is 0 Å². The van der Waals surface area contributed by atoms with Crippen LogP contribution in [0.4, 0.5) is 13.2 Å². The lowest BCUT2D eigenvalue weighted by atomic mass is 9.82. The van der Waals surface area contributed by atoms with Gasteiger partial charge in [-0.1, -0.05) is 35.8 Å². The van der Waals surface area contributed by atoms with E-state index in [0.717, 1.165) is 6.07 Å². The van der Waals surface area contributed by atoms with E-state index in [1.165, 1.54) is 6.07 Å². The number of rotatable bonds is 2. The van der Waals surface area contributed by atoms with Crippen LogP contribution in [0.2, 0.25) is 0 Å². The van der Waals surface area contributed by atoms with Crippen LogP contribution in [0.3, 0.4) is 0 Å². The molecule has 0 saturated carbocycles. The van der Waals surface area contributed by atoms with Crippen LogP contribution in [0.25, 0.3) is 0 Å². The molecule has 0 aliphatic heterocycles. The van der Waals surface area contributed by atoms with Gasteiger partial charge in [-0.25, -0.2) is 0 Å². The Hall–Kier alpha value is -0.550. The van der Waals surface area contributed by atoms with Crippen molar-refractivity contribution in [2.45, 2.75) is 25.4 Å². The summed E-state index contributed by atoms with van der Waals surface area (Å²) < 4.78 is 38.8. The van der Waals surface area contributed by atoms with E-state index in [9.17, 15) is 13.2 Å². The molecule has 1 N–H and O–H groups in total. The van der Waals surface area contributed by atoms with Gasteiger partial charge in [0.05, 0.1) is 12.2 Å². The first-order valence-electron chi connectivity index (χ1n) is 4.66. The van der Waals surface area contributed by atoms with Gasteiger partial charge in [0, 0.05) is 9.89 Å². The van der Waals surface area contributed by atoms with E-state index in [2.05, 4.69) is 15.9 Å². The molecule has 0 aliphatic carbocycles. The van der Waals surface area contributed by atoms with Crippen molar-refractivity contribution in [3.8, 4) is 0 Å². The summed E-state index contributed by atoms with van der Waals surface area (Å²) in [4.78, 5) is 0. The molecule has 0 heterocycles. The van der Waals surface area contributed by atoms with Crippen LogP contribution in [0.1, 0.15) is 25.0 Å². The predicted molar refractivity (Wildman–Crippen MR) is 59.3 cm³/mol. The minimum Gasteiger partial charge on any atom is -0.395 e. The Morgan fingerprint density at radius 2 is 1.75 bits per heavy atom. The van der Waals surface area contributed by atoms with E-state index in [1.54, 1.807) is 19.9 Å². The first-order valence-corrected chi connectivity index (χ1v) is 5.46. The third-order valence-corrected chi connectivity index (χ3v) is 2.90. The summed E-state index contributed by atoms with van der Waals surface area (Å²) in [5.74, 6) is 0. The van der Waals surface area contributed by atoms with Crippen LogP contribution in [0, 0.1) is 0 Å². The van der Waals surface area contributed by atoms with Crippen molar-refractivity contribution in [2.75, 3.05) is 6.61 Å². The maximum atomic E-state index is 12.8. The summed E-state index contributed by atoms with van der Waals surface area (Å²) in [7, 11) is 0. The molecule has 1 aromatic carbocycles. The second kappa shape index (κ2) is 4.37. The summed E-state index contributed by atoms with van der Waals surface area (Å²) in [6, 6.07) is 3.97. The van der Waals surface area contributed by atoms with Gasteiger partial charge in [-0.3, -0.25) is 0 Å². The summed E-state index contributed by atoms with van der Waals surface area (Å²) in [5.41, 5.74) is -1.52. The molecule has 1 rings (SSSR count). The Bertz CT molecular complexity index is 385. The van der Waals surface area contributed by atoms with E-state index >= 15 is 0 Å². The fraction of sp³-hybridized carbons (Fsp3) is 0.455. The number of aliphatic hydroxyl groups is 1. The summed E-state index contributed by atoms with van der Waals surface area (Å²) >= 11 is 3.01. The molecule has 0 fully saturated rings. The smallest absolute Gasteiger partial charge is 0.395 e. The zero-order chi connectivity index (χ0) is 12.6. The molecule has 0 saturated heterocycles. The van der Waals surface area contributed by atoms with Crippen LogP contribution in [-0.4, -0.2) is 11.7 Å². The second-order valence-corrected chi connectivity index (χ2v) is 5.15. The maximum absolute atomic E-state index is 12.8. The van der Waals surface area contributed by atoms with Gasteiger partial charge >= 0.3 is 6.18 Å². The highest BCUT2D eigenvalue weighted by Crippen LogP contribution is 2.38. The first-order chi connectivity index (χ1) is 7.18. The van der Waals surface area contributed by atoms with Gasteiger partial charge in [0.1, 0.15) is 0 Å². The molecule has 0 bridgehead atoms. The lowest BCUT2D eigenvalue weighted by molar-refractivity contribution is -0.138. The Morgan fingerprint density at radius 1 is 1.19 bits per heavy atom. The average Bonchev–Trinajstić information content (AvgIpc) is 2.16. The molecule has 5 heteroatoms. The lowest BCUT2D eigenvalue weighted by Crippen LogP contribution is -2.26. The molecule has 0 radical (unpaired) electrons. The van der Waals surface area contributed by atoms with E-state index < -0.39 is 17.2 Å². The SMILES string of the molecule is CC(C)(CO)c1ccc(Br)cc1C(F)(F)F. The topological polar surface area (TPSA) is 20.2 Å². The first kappa shape index (κ1) is 13.5. The summed E-state index contributed by atoms with van der Waals surface area (Å²) in [5, 5.41) is 9.13. The minimum absolute atomic E-state index is 0.103. The molecule has 16 heavy (non-hydrogen) atoms. The van der Waals surface area contributed by atoms with Crippen LogP contribution in [0.5, 0.6) is 0 Å². The zero-order valence-electron chi connectivity index (χ0n) is 8.90. The lowest BCUT2D eigenvalue weighted by Gasteiger charge is -2.26. The number of hydrogen-bond donors (Lipinski definition) is 1. The normalized spacial score (nSPS) is 12.9. The van der Waals surface area contributed by atoms with Crippen LogP contribution >= 0.6 is 15.9 Å². The second-order valence-electron chi connectivity index (χ2n) is 4.23. The third-order valence-electron chi connectivity index (χ3n) is 2.41. The fourth-order valence-corrected chi connectivity index (χ4v) is 1.79. The molecule has 0 atom stereocenters. The van der Waals surface area contributed by atoms with Crippen molar-refractivity contribution in [1.29, 1.82) is 0 Å². The Morgan fingerprint density at radius 3 is 2.19 bits per heavy atom. The number of halogens is 4. The average molecular weight is 297 g/mol. The van der Waals surface area contributed by atoms with Gasteiger partial charge < -0.3 is 5.11 Å². The fourth-order valence-electron chi connectivity index (χ4n) is 1.43. The van der Waals surface area contributed by atoms with Crippen LogP contribution in [-0.2, 0) is 11.6 Å². The van der Waals surface area contributed by atoms with E-state index in [-0.39, 0.29) is 12.2 Å². The quantitative estimate of drug-likeness (QED) is 0.881. The van der Waals surface area contributed by atoms with E-state index in [4.69, 9.17) is 5.11 Å². The molecule has 0 amide bonds. The van der Waals surface area contributed by atoms with Crippen molar-refractivity contribution in [1.82, 2.24) is 0 Å². The number of aliphatic hydroxyl groups excluding tert-OH is 1. The molecule has 90 valence electrons. The molecular weight excluding hydrogens is 285 g/mol. The Balaban J connectivity index is 3.40. The van der Waals surface area contributed by atoms with Crippen LogP contribution in [0.15, 0.2) is 22.7 Å². The van der Waals surface area contributed by atoms with Gasteiger partial charge in [-0.05, 0) is 17.7 Å². The van der Waals surface area contributed by atoms with Gasteiger partial charge in [0.15, 0.2) is 0 Å². The largest absolute Gasteiger partial charge is 0.416 e. The molecule has 0 unspecified atom stereocenters. The predicted octanol–water partition coefficient (Wildman–Crippen LogP) is 3.74. The maximum Gasteiger partial charge on any atom is 0.416 e. The molecule has 1 nitrogen and oxygen atoms in total. The molecular formula is C11H12BrF3O. The number of alkyl halides is 3. The molecule has 0 aliphatic rings. The molecule has 1 aromatic rings. The summed E-state index contributed by atoms with van der Waals surface area (Å²) in [6.07, 6.45) is -4.41. The van der Waals surface area contributed by atoms with Crippen molar-refractivity contribution < 1.29 is 18.3 Å². The minimum atomic E-state index is -4.41. The third kappa shape index (κ3) is 2.77. The highest BCUT2D eigenvalue weighted by Gasteiger charge is 2.37. The Kier molecular flexibility index (Phi) is 3.69. The monoisotopic (exact) mass is 296 g/mol. The van der Waals surface area contributed by atoms with Gasteiger partial charge in [0.2, 0.25) is 0 Å². The van der Waals surface area contributed by atoms with Crippen molar-refractivity contribution >= 4 is 15.9 Å². The number of hydrogen-bond acceptors (Lipinski definition) is 1. The highest BCUT2D eigenvalue weighted by atomic mass is 79.9. The summed E-state index contributed by atoms with van der Waals surface area (Å²) in [6.45, 7) is 2.81. The van der Waals surface area contributed by atoms with Gasteiger partial charge in [0.25, 0.3) is 0 Å². The Labute approximate surface area is 100 Å². The van der Waals surface area contributed by atoms with E-state index in [1.807, 2.05) is 0 Å². The number of benzene rings is 1. The molecule has 0 spiro atoms. The standard InChI is InChI=1S/C11H12BrF3O/c1-10(2,6-16)8-4-3-7(12)5-9(8)11(13,14)15/h3-5,16H,6H2,1-2H3. The van der Waals surface area contributed by atoms with E-state index in [0.29, 0.717) is 4.47 Å². The van der Waals surface area contributed by atoms with Gasteiger partial charge in [-0.15, -0.1) is 0 Å². The zero-order valence-corrected chi connectivity index (χ0v) is 10.5. The van der Waals surface area contributed by atoms with Gasteiger partial charge in [-0.2, -0.15) is 13.2 Å². The highest BCUT2D eigenvalue weighted by molar-refractivity contribution is 9.10. The van der Waals surface area contributed by atoms with Crippen molar-refractivity contribution in [3.05, 3.63) is 33.8 Å². The van der Waals surface area contributed by atoms with Crippen molar-refractivity contribution in [3.63, 3.8) is 0 Å². The van der Waals surface area contributed by atoms with Crippen molar-refractivity contribution in [2.24, 2.45) is 0 Å². The molecule has 0 aromatic heterocycles.